The minimum atomic E-state index is -0.856. The van der Waals surface area contributed by atoms with Crippen molar-refractivity contribution in [1.29, 1.82) is 0 Å². The largest absolute Gasteiger partial charge is 0.463 e. The predicted molar refractivity (Wildman–Crippen MR) is 333 cm³/mol. The number of alkyl halides is 5. The van der Waals surface area contributed by atoms with E-state index in [0.717, 1.165) is 27.8 Å². The van der Waals surface area contributed by atoms with Gasteiger partial charge in [0.1, 0.15) is 31.8 Å². The molecule has 0 spiro atoms. The SMILES string of the molecule is O=C(Cl)C(Cl)c1ccccc1.O=C(OCCOCCOC(=O)C(CC(Cl)c1ccccc1)c1ccccc1)C(CC(Cl)c1ccccc1)c1ccccc1.O=C(OCCOCCOC(=O)C(Cl)c1ccccc1)C(Cl)c1ccccc1.OCCO. The minimum Gasteiger partial charge on any atom is -0.463 e. The summed E-state index contributed by atoms with van der Waals surface area (Å²) in [5.74, 6) is -2.82. The van der Waals surface area contributed by atoms with E-state index in [-0.39, 0.29) is 88.8 Å². The summed E-state index contributed by atoms with van der Waals surface area (Å²) in [6.07, 6.45) is 0.808. The molecule has 0 aliphatic heterocycles. The number of hydrogen-bond acceptors (Lipinski definition) is 13. The Morgan fingerprint density at radius 3 is 0.776 bits per heavy atom. The zero-order chi connectivity index (χ0) is 61.4. The third kappa shape index (κ3) is 27.7. The van der Waals surface area contributed by atoms with Crippen LogP contribution in [0.1, 0.15) is 90.5 Å². The monoisotopic (exact) mass is 1280 g/mol. The van der Waals surface area contributed by atoms with Gasteiger partial charge in [0.2, 0.25) is 5.24 Å². The van der Waals surface area contributed by atoms with Crippen molar-refractivity contribution in [1.82, 2.24) is 0 Å². The number of aliphatic hydroxyl groups is 2. The Morgan fingerprint density at radius 2 is 0.529 bits per heavy atom. The van der Waals surface area contributed by atoms with Crippen molar-refractivity contribution in [2.45, 2.75) is 51.6 Å². The van der Waals surface area contributed by atoms with Crippen molar-refractivity contribution in [3.05, 3.63) is 251 Å². The number of hydrogen-bond donors (Lipinski definition) is 2. The van der Waals surface area contributed by atoms with Gasteiger partial charge in [-0.15, -0.1) is 58.0 Å². The molecule has 85 heavy (non-hydrogen) atoms. The molecule has 0 aliphatic carbocycles. The van der Waals surface area contributed by atoms with Crippen LogP contribution in [0.4, 0.5) is 0 Å². The molecule has 0 fully saturated rings. The molecule has 0 amide bonds. The quantitative estimate of drug-likeness (QED) is 0.0149. The van der Waals surface area contributed by atoms with E-state index in [1.54, 1.807) is 60.7 Å². The molecule has 7 rings (SSSR count). The first-order valence-corrected chi connectivity index (χ1v) is 29.6. The molecule has 0 saturated heterocycles. The highest BCUT2D eigenvalue weighted by molar-refractivity contribution is 6.68. The Morgan fingerprint density at radius 1 is 0.306 bits per heavy atom. The van der Waals surface area contributed by atoms with E-state index in [4.69, 9.17) is 108 Å². The van der Waals surface area contributed by atoms with Gasteiger partial charge >= 0.3 is 23.9 Å². The third-order valence-electron chi connectivity index (χ3n) is 12.1. The fraction of sp³-hybridized carbons (Fsp3) is 0.288. The Labute approximate surface area is 526 Å². The molecule has 7 aromatic carbocycles. The molecule has 7 unspecified atom stereocenters. The smallest absolute Gasteiger partial charge is 0.328 e. The van der Waals surface area contributed by atoms with Crippen molar-refractivity contribution in [3.63, 3.8) is 0 Å². The Balaban J connectivity index is 0.000000310. The normalized spacial score (nSPS) is 13.0. The average molecular weight is 1280 g/mol. The topological polar surface area (TPSA) is 181 Å². The second kappa shape index (κ2) is 42.5. The van der Waals surface area contributed by atoms with Crippen LogP contribution < -0.4 is 0 Å². The van der Waals surface area contributed by atoms with Crippen molar-refractivity contribution >= 4 is 98.7 Å². The number of ether oxygens (including phenoxy) is 6. The summed E-state index contributed by atoms with van der Waals surface area (Å²) in [4.78, 5) is 60.4. The second-order valence-electron chi connectivity index (χ2n) is 18.1. The van der Waals surface area contributed by atoms with Gasteiger partial charge in [-0.05, 0) is 63.4 Å². The fourth-order valence-corrected chi connectivity index (χ4v) is 9.08. The number of carbonyl (C=O) groups is 5. The van der Waals surface area contributed by atoms with Gasteiger partial charge in [0.15, 0.2) is 10.8 Å². The van der Waals surface area contributed by atoms with Crippen molar-refractivity contribution < 1.29 is 62.6 Å². The highest BCUT2D eigenvalue weighted by Gasteiger charge is 2.28. The first-order chi connectivity index (χ1) is 41.2. The van der Waals surface area contributed by atoms with Gasteiger partial charge in [-0.1, -0.05) is 212 Å². The first kappa shape index (κ1) is 71.2. The number of carbonyl (C=O) groups excluding carboxylic acids is 5. The third-order valence-corrected chi connectivity index (χ3v) is 14.6. The molecule has 0 bridgehead atoms. The van der Waals surface area contributed by atoms with Crippen LogP contribution in [0.25, 0.3) is 0 Å². The second-order valence-corrected chi connectivity index (χ2v) is 20.9. The van der Waals surface area contributed by atoms with E-state index in [1.807, 2.05) is 152 Å². The van der Waals surface area contributed by atoms with Gasteiger partial charge < -0.3 is 38.6 Å². The van der Waals surface area contributed by atoms with Crippen LogP contribution in [0.15, 0.2) is 212 Å². The molecule has 0 saturated carbocycles. The highest BCUT2D eigenvalue weighted by atomic mass is 35.5. The zero-order valence-corrected chi connectivity index (χ0v) is 50.9. The average Bonchev–Trinajstić information content (AvgIpc) is 3.68. The van der Waals surface area contributed by atoms with Crippen molar-refractivity contribution in [2.24, 2.45) is 0 Å². The number of benzene rings is 7. The first-order valence-electron chi connectivity index (χ1n) is 27.0. The summed E-state index contributed by atoms with van der Waals surface area (Å²) in [6.45, 7) is 0.713. The highest BCUT2D eigenvalue weighted by Crippen LogP contribution is 2.35. The predicted octanol–water partition coefficient (Wildman–Crippen LogP) is 14.1. The lowest BCUT2D eigenvalue weighted by Gasteiger charge is -2.20. The number of rotatable bonds is 29. The molecule has 0 radical (unpaired) electrons. The van der Waals surface area contributed by atoms with Gasteiger partial charge in [-0.2, -0.15) is 0 Å². The summed E-state index contributed by atoms with van der Waals surface area (Å²) >= 11 is 36.3. The maximum Gasteiger partial charge on any atom is 0.328 e. The summed E-state index contributed by atoms with van der Waals surface area (Å²) < 4.78 is 32.1. The molecule has 0 heterocycles. The minimum absolute atomic E-state index is 0.0605. The van der Waals surface area contributed by atoms with Crippen LogP contribution in [0.3, 0.4) is 0 Å². The van der Waals surface area contributed by atoms with Crippen LogP contribution in [0.2, 0.25) is 0 Å². The molecule has 7 aromatic rings. The Bertz CT molecular complexity index is 2750. The molecule has 2 N–H and O–H groups in total. The Kier molecular flexibility index (Phi) is 35.6. The standard InChI is InChI=1S/C36H36Cl2O5.C20H20Cl2O5.C8H6Cl2O.C2H6O2/c37-33(29-17-9-3-10-18-29)25-31(27-13-5-1-6-14-27)35(39)42-23-21-41-22-24-43-36(40)32(28-15-7-2-8-16-28)26-34(38)30-19-11-4-12-20-30;21-17(15-7-3-1-4-8-15)19(23)26-13-11-25-12-14-27-20(24)18(22)16-9-5-2-6-10-16;9-7(8(10)11)6-4-2-1-3-5-6;3-1-2-4/h1-20,31-34H,21-26H2;1-10,17-18H,11-14H2;1-5,7H;3-4H,1-2H2. The fourth-order valence-electron chi connectivity index (χ4n) is 7.74. The van der Waals surface area contributed by atoms with Gasteiger partial charge in [0.25, 0.3) is 0 Å². The molecular formula is C66H68Cl6O13. The number of halogens is 6. The van der Waals surface area contributed by atoms with Gasteiger partial charge in [-0.25, -0.2) is 0 Å². The lowest BCUT2D eigenvalue weighted by atomic mass is 9.92. The lowest BCUT2D eigenvalue weighted by Crippen LogP contribution is -2.21. The van der Waals surface area contributed by atoms with E-state index in [1.165, 1.54) is 0 Å². The summed E-state index contributed by atoms with van der Waals surface area (Å²) in [5, 5.41) is 11.6. The number of aliphatic hydroxyl groups excluding tert-OH is 2. The van der Waals surface area contributed by atoms with Crippen LogP contribution in [0, 0.1) is 0 Å². The zero-order valence-electron chi connectivity index (χ0n) is 46.4. The molecule has 0 aromatic heterocycles. The van der Waals surface area contributed by atoms with Crippen LogP contribution in [-0.4, -0.2) is 105 Å². The van der Waals surface area contributed by atoms with E-state index in [9.17, 15) is 24.0 Å². The van der Waals surface area contributed by atoms with Gasteiger partial charge in [0, 0.05) is 0 Å². The summed E-state index contributed by atoms with van der Waals surface area (Å²) in [7, 11) is 0. The van der Waals surface area contributed by atoms with Crippen LogP contribution >= 0.6 is 69.6 Å². The molecular weight excluding hydrogens is 1210 g/mol. The molecule has 19 heteroatoms. The Hall–Kier alpha value is -6.33. The summed E-state index contributed by atoms with van der Waals surface area (Å²) in [5.41, 5.74) is 5.67. The van der Waals surface area contributed by atoms with E-state index in [0.29, 0.717) is 24.0 Å². The lowest BCUT2D eigenvalue weighted by molar-refractivity contribution is -0.149. The van der Waals surface area contributed by atoms with E-state index >= 15 is 0 Å². The van der Waals surface area contributed by atoms with Crippen LogP contribution in [-0.2, 0) is 52.4 Å². The number of esters is 4. The maximum absolute atomic E-state index is 13.1. The maximum atomic E-state index is 13.1. The van der Waals surface area contributed by atoms with Crippen LogP contribution in [0.5, 0.6) is 0 Å². The molecule has 7 atom stereocenters. The molecule has 0 aliphatic rings. The summed E-state index contributed by atoms with van der Waals surface area (Å²) in [6, 6.07) is 65.2. The van der Waals surface area contributed by atoms with E-state index in [2.05, 4.69) is 0 Å². The molecule has 452 valence electrons. The van der Waals surface area contributed by atoms with Gasteiger partial charge in [0.05, 0.1) is 62.2 Å². The van der Waals surface area contributed by atoms with Crippen molar-refractivity contribution in [2.75, 3.05) is 66.1 Å². The molecule has 13 nitrogen and oxygen atoms in total. The van der Waals surface area contributed by atoms with E-state index < -0.39 is 45.1 Å². The van der Waals surface area contributed by atoms with Gasteiger partial charge in [-0.3, -0.25) is 24.0 Å². The van der Waals surface area contributed by atoms with Crippen molar-refractivity contribution in [3.8, 4) is 0 Å².